The van der Waals surface area contributed by atoms with Gasteiger partial charge in [0, 0.05) is 16.2 Å². The topological polar surface area (TPSA) is 75.3 Å². The van der Waals surface area contributed by atoms with Crippen LogP contribution in [0.3, 0.4) is 0 Å². The molecule has 5 nitrogen and oxygen atoms in total. The van der Waals surface area contributed by atoms with Crippen LogP contribution in [0, 0.1) is 6.92 Å². The maximum Gasteiger partial charge on any atom is 0.319 e. The normalized spacial score (nSPS) is 21.1. The van der Waals surface area contributed by atoms with E-state index >= 15 is 0 Å². The summed E-state index contributed by atoms with van der Waals surface area (Å²) in [7, 11) is -2.98. The molecule has 1 aliphatic heterocycles. The van der Waals surface area contributed by atoms with E-state index in [-0.39, 0.29) is 23.6 Å². The van der Waals surface area contributed by atoms with Crippen molar-refractivity contribution in [3.05, 3.63) is 28.2 Å². The van der Waals surface area contributed by atoms with Gasteiger partial charge >= 0.3 is 6.03 Å². The van der Waals surface area contributed by atoms with Crippen LogP contribution < -0.4 is 10.6 Å². The van der Waals surface area contributed by atoms with E-state index in [9.17, 15) is 13.2 Å². The van der Waals surface area contributed by atoms with Crippen molar-refractivity contribution in [1.29, 1.82) is 0 Å². The summed E-state index contributed by atoms with van der Waals surface area (Å²) < 4.78 is 23.5. The predicted molar refractivity (Wildman–Crippen MR) is 78.1 cm³/mol. The van der Waals surface area contributed by atoms with Gasteiger partial charge in [-0.3, -0.25) is 0 Å². The lowest BCUT2D eigenvalue weighted by Gasteiger charge is -2.14. The van der Waals surface area contributed by atoms with Crippen LogP contribution in [-0.4, -0.2) is 32.0 Å². The molecule has 104 valence electrons. The van der Waals surface area contributed by atoms with Gasteiger partial charge in [0.2, 0.25) is 0 Å². The fraction of sp³-hybridized carbons (Fsp3) is 0.417. The number of rotatable bonds is 2. The number of benzene rings is 1. The molecule has 19 heavy (non-hydrogen) atoms. The molecule has 0 spiro atoms. The molecule has 1 aliphatic rings. The van der Waals surface area contributed by atoms with Crippen molar-refractivity contribution in [1.82, 2.24) is 5.32 Å². The van der Waals surface area contributed by atoms with Crippen molar-refractivity contribution < 1.29 is 13.2 Å². The SMILES string of the molecule is Cc1c(Br)cccc1NC(=O)NC1CCS(=O)(=O)C1. The molecule has 1 heterocycles. The largest absolute Gasteiger partial charge is 0.334 e. The maximum absolute atomic E-state index is 11.8. The van der Waals surface area contributed by atoms with Gasteiger partial charge in [-0.2, -0.15) is 0 Å². The molecule has 7 heteroatoms. The van der Waals surface area contributed by atoms with Gasteiger partial charge in [0.15, 0.2) is 9.84 Å². The summed E-state index contributed by atoms with van der Waals surface area (Å²) in [5.74, 6) is 0.172. The average molecular weight is 347 g/mol. The summed E-state index contributed by atoms with van der Waals surface area (Å²) in [5, 5.41) is 5.42. The van der Waals surface area contributed by atoms with Gasteiger partial charge in [0.25, 0.3) is 0 Å². The Morgan fingerprint density at radius 2 is 2.16 bits per heavy atom. The van der Waals surface area contributed by atoms with E-state index < -0.39 is 9.84 Å². The zero-order chi connectivity index (χ0) is 14.0. The highest BCUT2D eigenvalue weighted by Crippen LogP contribution is 2.23. The fourth-order valence-electron chi connectivity index (χ4n) is 2.00. The minimum absolute atomic E-state index is 0.0257. The van der Waals surface area contributed by atoms with Gasteiger partial charge in [-0.15, -0.1) is 0 Å². The lowest BCUT2D eigenvalue weighted by atomic mass is 10.2. The van der Waals surface area contributed by atoms with Gasteiger partial charge in [-0.05, 0) is 31.0 Å². The summed E-state index contributed by atoms with van der Waals surface area (Å²) in [6.07, 6.45) is 0.479. The van der Waals surface area contributed by atoms with Gasteiger partial charge in [0.05, 0.1) is 11.5 Å². The Kier molecular flexibility index (Phi) is 4.15. The van der Waals surface area contributed by atoms with Crippen LogP contribution >= 0.6 is 15.9 Å². The lowest BCUT2D eigenvalue weighted by molar-refractivity contribution is 0.249. The van der Waals surface area contributed by atoms with E-state index in [2.05, 4.69) is 26.6 Å². The lowest BCUT2D eigenvalue weighted by Crippen LogP contribution is -2.38. The quantitative estimate of drug-likeness (QED) is 0.860. The van der Waals surface area contributed by atoms with Crippen molar-refractivity contribution in [2.24, 2.45) is 0 Å². The molecule has 1 aromatic carbocycles. The second-order valence-electron chi connectivity index (χ2n) is 4.61. The summed E-state index contributed by atoms with van der Waals surface area (Å²) in [5.41, 5.74) is 1.63. The third-order valence-electron chi connectivity index (χ3n) is 3.08. The van der Waals surface area contributed by atoms with E-state index in [4.69, 9.17) is 0 Å². The highest BCUT2D eigenvalue weighted by Gasteiger charge is 2.28. The Hall–Kier alpha value is -1.08. The third-order valence-corrected chi connectivity index (χ3v) is 5.71. The van der Waals surface area contributed by atoms with Gasteiger partial charge in [0.1, 0.15) is 0 Å². The van der Waals surface area contributed by atoms with Crippen LogP contribution in [0.1, 0.15) is 12.0 Å². The molecule has 0 bridgehead atoms. The maximum atomic E-state index is 11.8. The average Bonchev–Trinajstić information content (AvgIpc) is 2.64. The number of urea groups is 1. The Morgan fingerprint density at radius 1 is 1.42 bits per heavy atom. The molecule has 1 fully saturated rings. The highest BCUT2D eigenvalue weighted by molar-refractivity contribution is 9.10. The standard InChI is InChI=1S/C12H15BrN2O3S/c1-8-10(13)3-2-4-11(8)15-12(16)14-9-5-6-19(17,18)7-9/h2-4,9H,5-7H2,1H3,(H2,14,15,16). The molecule has 2 rings (SSSR count). The van der Waals surface area contributed by atoms with Crippen LogP contribution in [0.15, 0.2) is 22.7 Å². The molecule has 1 atom stereocenters. The zero-order valence-electron chi connectivity index (χ0n) is 10.4. The molecule has 1 aromatic rings. The van der Waals surface area contributed by atoms with Crippen molar-refractivity contribution in [2.75, 3.05) is 16.8 Å². The van der Waals surface area contributed by atoms with Gasteiger partial charge in [-0.25, -0.2) is 13.2 Å². The first kappa shape index (κ1) is 14.3. The van der Waals surface area contributed by atoms with Gasteiger partial charge in [-0.1, -0.05) is 22.0 Å². The van der Waals surface area contributed by atoms with Crippen molar-refractivity contribution in [3.63, 3.8) is 0 Å². The highest BCUT2D eigenvalue weighted by atomic mass is 79.9. The van der Waals surface area contributed by atoms with E-state index in [0.29, 0.717) is 12.1 Å². The molecular formula is C12H15BrN2O3S. The van der Waals surface area contributed by atoms with Gasteiger partial charge < -0.3 is 10.6 Å². The molecule has 1 unspecified atom stereocenters. The van der Waals surface area contributed by atoms with Crippen molar-refractivity contribution >= 4 is 37.5 Å². The molecule has 0 aliphatic carbocycles. The number of amides is 2. The molecular weight excluding hydrogens is 332 g/mol. The van der Waals surface area contributed by atoms with Crippen LogP contribution in [0.2, 0.25) is 0 Å². The first-order valence-electron chi connectivity index (χ1n) is 5.90. The molecule has 1 saturated heterocycles. The summed E-state index contributed by atoms with van der Waals surface area (Å²) in [4.78, 5) is 11.8. The van der Waals surface area contributed by atoms with Crippen molar-refractivity contribution in [2.45, 2.75) is 19.4 Å². The molecule has 2 N–H and O–H groups in total. The van der Waals surface area contributed by atoms with E-state index in [1.807, 2.05) is 19.1 Å². The number of carbonyl (C=O) groups is 1. The first-order chi connectivity index (χ1) is 8.87. The second kappa shape index (κ2) is 5.50. The van der Waals surface area contributed by atoms with Crippen molar-refractivity contribution in [3.8, 4) is 0 Å². The van der Waals surface area contributed by atoms with Crippen LogP contribution in [-0.2, 0) is 9.84 Å². The smallest absolute Gasteiger partial charge is 0.319 e. The minimum Gasteiger partial charge on any atom is -0.334 e. The monoisotopic (exact) mass is 346 g/mol. The summed E-state index contributed by atoms with van der Waals surface area (Å²) >= 11 is 3.39. The van der Waals surface area contributed by atoms with E-state index in [1.54, 1.807) is 6.07 Å². The van der Waals surface area contributed by atoms with Crippen LogP contribution in [0.25, 0.3) is 0 Å². The first-order valence-corrected chi connectivity index (χ1v) is 8.52. The fourth-order valence-corrected chi connectivity index (χ4v) is 4.04. The number of sulfone groups is 1. The number of carbonyl (C=O) groups excluding carboxylic acids is 1. The number of anilines is 1. The molecule has 0 radical (unpaired) electrons. The Morgan fingerprint density at radius 3 is 2.79 bits per heavy atom. The predicted octanol–water partition coefficient (Wildman–Crippen LogP) is 2.07. The molecule has 0 saturated carbocycles. The number of hydrogen-bond donors (Lipinski definition) is 2. The minimum atomic E-state index is -2.98. The molecule has 0 aromatic heterocycles. The van der Waals surface area contributed by atoms with Crippen LogP contribution in [0.5, 0.6) is 0 Å². The Balaban J connectivity index is 1.97. The van der Waals surface area contributed by atoms with Crippen LogP contribution in [0.4, 0.5) is 10.5 Å². The zero-order valence-corrected chi connectivity index (χ0v) is 12.8. The Labute approximate surface area is 120 Å². The Bertz CT molecular complexity index is 601. The third kappa shape index (κ3) is 3.70. The number of halogens is 1. The number of hydrogen-bond acceptors (Lipinski definition) is 3. The van der Waals surface area contributed by atoms with E-state index in [1.165, 1.54) is 0 Å². The summed E-state index contributed by atoms with van der Waals surface area (Å²) in [6.45, 7) is 1.89. The van der Waals surface area contributed by atoms with E-state index in [0.717, 1.165) is 10.0 Å². The number of nitrogens with one attached hydrogen (secondary N) is 2. The molecule has 2 amide bonds. The summed E-state index contributed by atoms with van der Waals surface area (Å²) in [6, 6.07) is 4.85. The second-order valence-corrected chi connectivity index (χ2v) is 7.69.